The molecule has 3 aromatic carbocycles. The van der Waals surface area contributed by atoms with Crippen LogP contribution in [0.3, 0.4) is 0 Å². The van der Waals surface area contributed by atoms with E-state index in [1.807, 2.05) is 50.2 Å². The lowest BCUT2D eigenvalue weighted by atomic mass is 10.0. The number of benzene rings is 3. The van der Waals surface area contributed by atoms with Crippen molar-refractivity contribution in [1.82, 2.24) is 29.1 Å². The Bertz CT molecular complexity index is 1910. The maximum atomic E-state index is 14.9. The van der Waals surface area contributed by atoms with E-state index in [0.717, 1.165) is 55.7 Å². The minimum atomic E-state index is -1.51. The molecule has 4 heterocycles. The van der Waals surface area contributed by atoms with Crippen molar-refractivity contribution in [3.63, 3.8) is 0 Å². The molecule has 0 radical (unpaired) electrons. The second kappa shape index (κ2) is 13.8. The average Bonchev–Trinajstić information content (AvgIpc) is 3.88. The summed E-state index contributed by atoms with van der Waals surface area (Å²) in [6.07, 6.45) is 4.77. The van der Waals surface area contributed by atoms with Crippen molar-refractivity contribution in [2.45, 2.75) is 44.7 Å². The van der Waals surface area contributed by atoms with E-state index in [-0.39, 0.29) is 37.1 Å². The van der Waals surface area contributed by atoms with Crippen molar-refractivity contribution < 1.29 is 23.0 Å². The molecule has 0 N–H and O–H groups in total. The number of aromatic nitrogens is 6. The highest BCUT2D eigenvalue weighted by Gasteiger charge is 2.46. The van der Waals surface area contributed by atoms with Gasteiger partial charge in [0, 0.05) is 49.2 Å². The van der Waals surface area contributed by atoms with E-state index in [1.165, 1.54) is 34.2 Å². The van der Waals surface area contributed by atoms with Crippen LogP contribution in [0.25, 0.3) is 5.69 Å². The monoisotopic (exact) mass is 672 g/mol. The fourth-order valence-electron chi connectivity index (χ4n) is 6.24. The van der Waals surface area contributed by atoms with Gasteiger partial charge < -0.3 is 24.0 Å². The van der Waals surface area contributed by atoms with Crippen LogP contribution < -0.4 is 20.2 Å². The van der Waals surface area contributed by atoms with Crippen LogP contribution in [0, 0.1) is 11.6 Å². The predicted octanol–water partition coefficient (Wildman–Crippen LogP) is 4.55. The first kappa shape index (κ1) is 32.5. The summed E-state index contributed by atoms with van der Waals surface area (Å²) >= 11 is 0. The van der Waals surface area contributed by atoms with Gasteiger partial charge in [0.25, 0.3) is 0 Å². The summed E-state index contributed by atoms with van der Waals surface area (Å²) in [6.45, 7) is 7.80. The first-order valence-corrected chi connectivity index (χ1v) is 16.4. The summed E-state index contributed by atoms with van der Waals surface area (Å²) in [6, 6.07) is 19.3. The van der Waals surface area contributed by atoms with E-state index in [4.69, 9.17) is 14.2 Å². The summed E-state index contributed by atoms with van der Waals surface area (Å²) in [5.74, 6) is -2.30. The van der Waals surface area contributed by atoms with Crippen LogP contribution in [-0.4, -0.2) is 74.6 Å². The molecule has 0 spiro atoms. The first-order chi connectivity index (χ1) is 23.8. The largest absolute Gasteiger partial charge is 0.491 e. The number of anilines is 2. The summed E-state index contributed by atoms with van der Waals surface area (Å²) in [5, 5.41) is 8.39. The minimum Gasteiger partial charge on any atom is -0.491 e. The van der Waals surface area contributed by atoms with Crippen LogP contribution >= 0.6 is 0 Å². The molecule has 0 aliphatic carbocycles. The maximum absolute atomic E-state index is 14.9. The number of nitrogens with zero attached hydrogens (tertiary/aromatic N) is 8. The first-order valence-electron chi connectivity index (χ1n) is 16.4. The van der Waals surface area contributed by atoms with Crippen molar-refractivity contribution >= 4 is 11.4 Å². The zero-order valence-electron chi connectivity index (χ0n) is 27.4. The van der Waals surface area contributed by atoms with Gasteiger partial charge in [-0.1, -0.05) is 6.92 Å². The third-order valence-corrected chi connectivity index (χ3v) is 9.15. The summed E-state index contributed by atoms with van der Waals surface area (Å²) < 4.78 is 51.4. The Hall–Kier alpha value is -5.08. The van der Waals surface area contributed by atoms with Gasteiger partial charge in [0.05, 0.1) is 18.3 Å². The van der Waals surface area contributed by atoms with Gasteiger partial charge in [-0.15, -0.1) is 0 Å². The number of ether oxygens (including phenoxy) is 3. The van der Waals surface area contributed by atoms with Gasteiger partial charge in [-0.05, 0) is 74.0 Å². The van der Waals surface area contributed by atoms with Gasteiger partial charge in [-0.2, -0.15) is 10.2 Å². The molecule has 12 nitrogen and oxygen atoms in total. The van der Waals surface area contributed by atoms with Crippen LogP contribution in [0.5, 0.6) is 5.75 Å². The second-order valence-electron chi connectivity index (χ2n) is 12.3. The van der Waals surface area contributed by atoms with Gasteiger partial charge in [0.1, 0.15) is 55.6 Å². The topological polar surface area (TPSA) is 105 Å². The van der Waals surface area contributed by atoms with E-state index in [9.17, 15) is 13.6 Å². The van der Waals surface area contributed by atoms with Crippen molar-refractivity contribution in [2.24, 2.45) is 0 Å². The summed E-state index contributed by atoms with van der Waals surface area (Å²) in [4.78, 5) is 21.4. The van der Waals surface area contributed by atoms with E-state index >= 15 is 0 Å². The van der Waals surface area contributed by atoms with E-state index in [2.05, 4.69) is 37.1 Å². The molecule has 7 rings (SSSR count). The fourth-order valence-corrected chi connectivity index (χ4v) is 6.24. The molecule has 2 unspecified atom stereocenters. The molecule has 2 fully saturated rings. The highest BCUT2D eigenvalue weighted by molar-refractivity contribution is 5.54. The van der Waals surface area contributed by atoms with E-state index in [0.29, 0.717) is 5.75 Å². The summed E-state index contributed by atoms with van der Waals surface area (Å²) in [5.41, 5.74) is 2.95. The molecule has 49 heavy (non-hydrogen) atoms. The molecule has 256 valence electrons. The van der Waals surface area contributed by atoms with E-state index < -0.39 is 23.5 Å². The van der Waals surface area contributed by atoms with Crippen molar-refractivity contribution in [2.75, 3.05) is 49.2 Å². The molecule has 2 aliphatic rings. The number of rotatable bonds is 11. The predicted molar refractivity (Wildman–Crippen MR) is 178 cm³/mol. The number of hydrogen-bond donors (Lipinski definition) is 0. The lowest BCUT2D eigenvalue weighted by molar-refractivity contribution is -0.192. The highest BCUT2D eigenvalue weighted by Crippen LogP contribution is 2.38. The van der Waals surface area contributed by atoms with Crippen molar-refractivity contribution in [1.29, 1.82) is 0 Å². The van der Waals surface area contributed by atoms with Crippen molar-refractivity contribution in [3.8, 4) is 11.4 Å². The Morgan fingerprint density at radius 2 is 1.59 bits per heavy atom. The van der Waals surface area contributed by atoms with Crippen LogP contribution in [0.15, 0.2) is 90.5 Å². The Morgan fingerprint density at radius 1 is 0.918 bits per heavy atom. The molecule has 5 aromatic rings. The lowest BCUT2D eigenvalue weighted by Crippen LogP contribution is -2.46. The molecule has 14 heteroatoms. The van der Waals surface area contributed by atoms with Gasteiger partial charge in [0.15, 0.2) is 0 Å². The Kier molecular flexibility index (Phi) is 9.15. The molecule has 3 atom stereocenters. The molecule has 0 amide bonds. The van der Waals surface area contributed by atoms with Crippen LogP contribution in [0.2, 0.25) is 0 Å². The fraction of sp³-hybridized carbons (Fsp3) is 0.371. The number of piperazine rings is 1. The van der Waals surface area contributed by atoms with Gasteiger partial charge >= 0.3 is 5.69 Å². The average molecular weight is 673 g/mol. The normalized spacial score (nSPS) is 20.1. The molecule has 0 bridgehead atoms. The van der Waals surface area contributed by atoms with Crippen molar-refractivity contribution in [3.05, 3.63) is 113 Å². The summed E-state index contributed by atoms with van der Waals surface area (Å²) in [7, 11) is 0. The highest BCUT2D eigenvalue weighted by atomic mass is 19.1. The smallest absolute Gasteiger partial charge is 0.350 e. The Balaban J connectivity index is 0.925. The van der Waals surface area contributed by atoms with E-state index in [1.54, 1.807) is 10.9 Å². The van der Waals surface area contributed by atoms with Gasteiger partial charge in [0.2, 0.25) is 5.79 Å². The van der Waals surface area contributed by atoms with Gasteiger partial charge in [-0.25, -0.2) is 32.5 Å². The van der Waals surface area contributed by atoms with Gasteiger partial charge in [-0.3, -0.25) is 0 Å². The molecule has 2 aliphatic heterocycles. The third kappa shape index (κ3) is 6.78. The zero-order valence-corrected chi connectivity index (χ0v) is 27.4. The number of hydrogen-bond acceptors (Lipinski definition) is 9. The molecule has 2 saturated heterocycles. The maximum Gasteiger partial charge on any atom is 0.350 e. The molecule has 2 aromatic heterocycles. The molecular weight excluding hydrogens is 634 g/mol. The second-order valence-corrected chi connectivity index (χ2v) is 12.3. The van der Waals surface area contributed by atoms with Crippen LogP contribution in [0.4, 0.5) is 20.2 Å². The number of halogens is 2. The molecular formula is C35H38F2N8O4. The molecule has 0 saturated carbocycles. The Morgan fingerprint density at radius 3 is 2.22 bits per heavy atom. The van der Waals surface area contributed by atoms with Crippen LogP contribution in [0.1, 0.15) is 31.9 Å². The minimum absolute atomic E-state index is 0.0334. The third-order valence-electron chi connectivity index (χ3n) is 9.15. The Labute approximate surface area is 282 Å². The quantitative estimate of drug-likeness (QED) is 0.200. The van der Waals surface area contributed by atoms with Crippen LogP contribution in [-0.2, 0) is 21.8 Å². The SMILES string of the molecule is CCC(C)n1ncn(-c2ccc(N3CCN(c4ccc(OCC5CO[C@@](Cn6cncn6)(c6ccc(F)cc6F)O5)cc4)CC3)cc2)c1=O. The lowest BCUT2D eigenvalue weighted by Gasteiger charge is -2.37. The zero-order chi connectivity index (χ0) is 34.0. The standard InChI is InChI=1S/C35H38F2N8O4/c1-3-25(2)45-34(46)44(24-40-45)29-7-5-27(6-8-29)41-14-16-42(17-15-41)28-9-11-30(12-10-28)47-19-31-20-48-35(49-31,21-43-23-38-22-39-43)32-13-4-26(36)18-33(32)37/h4-13,18,22-25,31H,3,14-17,19-21H2,1-2H3/t25?,31?,35-/m1/s1.